The van der Waals surface area contributed by atoms with Gasteiger partial charge in [-0.05, 0) is 18.4 Å². The molecular formula is C14H17N3O2S. The van der Waals surface area contributed by atoms with E-state index in [-0.39, 0.29) is 18.6 Å². The molecule has 106 valence electrons. The van der Waals surface area contributed by atoms with E-state index in [9.17, 15) is 9.90 Å². The maximum Gasteiger partial charge on any atom is 0.266 e. The van der Waals surface area contributed by atoms with Crippen LogP contribution in [0.2, 0.25) is 0 Å². The van der Waals surface area contributed by atoms with Crippen LogP contribution in [0.15, 0.2) is 18.5 Å². The van der Waals surface area contributed by atoms with Crippen molar-refractivity contribution in [1.29, 1.82) is 0 Å². The lowest BCUT2D eigenvalue weighted by Gasteiger charge is -2.24. The Bertz CT molecular complexity index is 655. The standard InChI is InChI=1S/C14H17N3O2S/c1-8-3-5-17(10(8)7-18)14(19)13-12(15)9-2-4-16-6-11(9)20-13/h2,4,6,8,10,18H,3,5,7,15H2,1H3. The van der Waals surface area contributed by atoms with Gasteiger partial charge in [0.2, 0.25) is 0 Å². The van der Waals surface area contributed by atoms with Gasteiger partial charge in [-0.3, -0.25) is 9.78 Å². The van der Waals surface area contributed by atoms with Gasteiger partial charge >= 0.3 is 0 Å². The number of nitrogens with two attached hydrogens (primary N) is 1. The molecule has 0 spiro atoms. The minimum Gasteiger partial charge on any atom is -0.397 e. The number of hydrogen-bond donors (Lipinski definition) is 2. The largest absolute Gasteiger partial charge is 0.397 e. The first-order chi connectivity index (χ1) is 9.63. The third-order valence-electron chi connectivity index (χ3n) is 4.06. The second-order valence-corrected chi connectivity index (χ2v) is 6.28. The maximum atomic E-state index is 12.7. The number of amides is 1. The number of likely N-dealkylation sites (tertiary alicyclic amines) is 1. The minimum absolute atomic E-state index is 0.000732. The van der Waals surface area contributed by atoms with Gasteiger partial charge < -0.3 is 15.7 Å². The SMILES string of the molecule is CC1CCN(C(=O)c2sc3cnccc3c2N)C1CO. The van der Waals surface area contributed by atoms with Crippen molar-refractivity contribution in [3.63, 3.8) is 0 Å². The molecular weight excluding hydrogens is 274 g/mol. The zero-order valence-electron chi connectivity index (χ0n) is 11.2. The Morgan fingerprint density at radius 2 is 2.45 bits per heavy atom. The van der Waals surface area contributed by atoms with Gasteiger partial charge in [0.05, 0.1) is 23.0 Å². The molecule has 1 amide bonds. The molecule has 2 aromatic rings. The molecule has 1 aliphatic heterocycles. The van der Waals surface area contributed by atoms with E-state index in [1.165, 1.54) is 11.3 Å². The first-order valence-corrected chi connectivity index (χ1v) is 7.49. The highest BCUT2D eigenvalue weighted by Crippen LogP contribution is 2.35. The van der Waals surface area contributed by atoms with Gasteiger partial charge in [0, 0.05) is 24.3 Å². The highest BCUT2D eigenvalue weighted by atomic mass is 32.1. The normalized spacial score (nSPS) is 22.6. The summed E-state index contributed by atoms with van der Waals surface area (Å²) in [6.45, 7) is 2.74. The van der Waals surface area contributed by atoms with E-state index < -0.39 is 0 Å². The number of carbonyl (C=O) groups is 1. The zero-order chi connectivity index (χ0) is 14.3. The van der Waals surface area contributed by atoms with Gasteiger partial charge in [0.15, 0.2) is 0 Å². The Morgan fingerprint density at radius 3 is 3.15 bits per heavy atom. The third kappa shape index (κ3) is 1.96. The summed E-state index contributed by atoms with van der Waals surface area (Å²) in [5.41, 5.74) is 6.62. The van der Waals surface area contributed by atoms with Gasteiger partial charge in [-0.2, -0.15) is 0 Å². The number of aliphatic hydroxyl groups is 1. The molecule has 2 atom stereocenters. The van der Waals surface area contributed by atoms with Crippen LogP contribution in [-0.4, -0.2) is 40.1 Å². The second-order valence-electron chi connectivity index (χ2n) is 5.23. The van der Waals surface area contributed by atoms with E-state index in [0.29, 0.717) is 23.0 Å². The van der Waals surface area contributed by atoms with Crippen LogP contribution in [0.25, 0.3) is 10.1 Å². The molecule has 1 saturated heterocycles. The fourth-order valence-electron chi connectivity index (χ4n) is 2.80. The average molecular weight is 291 g/mol. The van der Waals surface area contributed by atoms with Crippen molar-refractivity contribution in [3.05, 3.63) is 23.3 Å². The summed E-state index contributed by atoms with van der Waals surface area (Å²) < 4.78 is 0.918. The number of aromatic nitrogens is 1. The average Bonchev–Trinajstić information content (AvgIpc) is 2.99. The van der Waals surface area contributed by atoms with Crippen molar-refractivity contribution >= 4 is 33.0 Å². The number of pyridine rings is 1. The molecule has 2 unspecified atom stereocenters. The van der Waals surface area contributed by atoms with Gasteiger partial charge in [-0.25, -0.2) is 0 Å². The number of anilines is 1. The molecule has 20 heavy (non-hydrogen) atoms. The molecule has 1 aliphatic rings. The number of thiophene rings is 1. The van der Waals surface area contributed by atoms with E-state index in [2.05, 4.69) is 11.9 Å². The number of aliphatic hydroxyl groups excluding tert-OH is 1. The number of rotatable bonds is 2. The van der Waals surface area contributed by atoms with Crippen molar-refractivity contribution in [1.82, 2.24) is 9.88 Å². The fraction of sp³-hybridized carbons (Fsp3) is 0.429. The number of hydrogen-bond acceptors (Lipinski definition) is 5. The number of carbonyl (C=O) groups excluding carboxylic acids is 1. The summed E-state index contributed by atoms with van der Waals surface area (Å²) in [4.78, 5) is 19.0. The Hall–Kier alpha value is -1.66. The van der Waals surface area contributed by atoms with E-state index in [0.717, 1.165) is 16.5 Å². The van der Waals surface area contributed by atoms with Crippen LogP contribution in [0.5, 0.6) is 0 Å². The molecule has 3 heterocycles. The summed E-state index contributed by atoms with van der Waals surface area (Å²) in [5.74, 6) is 0.244. The summed E-state index contributed by atoms with van der Waals surface area (Å²) in [5, 5.41) is 10.4. The van der Waals surface area contributed by atoms with E-state index in [1.54, 1.807) is 17.3 Å². The Balaban J connectivity index is 1.99. The number of nitrogen functional groups attached to an aromatic ring is 1. The molecule has 2 aromatic heterocycles. The highest BCUT2D eigenvalue weighted by Gasteiger charge is 2.35. The van der Waals surface area contributed by atoms with Crippen LogP contribution in [-0.2, 0) is 0 Å². The molecule has 0 aromatic carbocycles. The summed E-state index contributed by atoms with van der Waals surface area (Å²) in [6.07, 6.45) is 4.32. The van der Waals surface area contributed by atoms with Crippen LogP contribution in [0.1, 0.15) is 23.0 Å². The molecule has 0 bridgehead atoms. The quantitative estimate of drug-likeness (QED) is 0.883. The lowest BCUT2D eigenvalue weighted by atomic mass is 10.0. The Labute approximate surface area is 121 Å². The second kappa shape index (κ2) is 5.03. The van der Waals surface area contributed by atoms with Gasteiger partial charge in [-0.15, -0.1) is 11.3 Å². The zero-order valence-corrected chi connectivity index (χ0v) is 12.1. The van der Waals surface area contributed by atoms with Crippen molar-refractivity contribution in [2.24, 2.45) is 5.92 Å². The lowest BCUT2D eigenvalue weighted by molar-refractivity contribution is 0.0654. The van der Waals surface area contributed by atoms with Crippen molar-refractivity contribution < 1.29 is 9.90 Å². The third-order valence-corrected chi connectivity index (χ3v) is 5.20. The maximum absolute atomic E-state index is 12.7. The van der Waals surface area contributed by atoms with E-state index in [4.69, 9.17) is 5.73 Å². The predicted octanol–water partition coefficient (Wildman–Crippen LogP) is 1.72. The van der Waals surface area contributed by atoms with Crippen molar-refractivity contribution in [2.75, 3.05) is 18.9 Å². The Morgan fingerprint density at radius 1 is 1.65 bits per heavy atom. The minimum atomic E-state index is -0.106. The fourth-order valence-corrected chi connectivity index (χ4v) is 3.85. The monoisotopic (exact) mass is 291 g/mol. The molecule has 3 N–H and O–H groups in total. The topological polar surface area (TPSA) is 79.5 Å². The highest BCUT2D eigenvalue weighted by molar-refractivity contribution is 7.21. The van der Waals surface area contributed by atoms with Crippen LogP contribution < -0.4 is 5.73 Å². The summed E-state index contributed by atoms with van der Waals surface area (Å²) in [7, 11) is 0. The van der Waals surface area contributed by atoms with Crippen molar-refractivity contribution in [2.45, 2.75) is 19.4 Å². The number of fused-ring (bicyclic) bond motifs is 1. The summed E-state index contributed by atoms with van der Waals surface area (Å²) >= 11 is 1.37. The van der Waals surface area contributed by atoms with Crippen LogP contribution in [0.3, 0.4) is 0 Å². The van der Waals surface area contributed by atoms with Crippen LogP contribution in [0, 0.1) is 5.92 Å². The smallest absolute Gasteiger partial charge is 0.266 e. The van der Waals surface area contributed by atoms with E-state index in [1.807, 2.05) is 6.07 Å². The molecule has 0 saturated carbocycles. The Kier molecular flexibility index (Phi) is 3.35. The molecule has 5 nitrogen and oxygen atoms in total. The van der Waals surface area contributed by atoms with Crippen LogP contribution >= 0.6 is 11.3 Å². The van der Waals surface area contributed by atoms with Gasteiger partial charge in [0.1, 0.15) is 4.88 Å². The van der Waals surface area contributed by atoms with Crippen molar-refractivity contribution in [3.8, 4) is 0 Å². The molecule has 6 heteroatoms. The van der Waals surface area contributed by atoms with Gasteiger partial charge in [0.25, 0.3) is 5.91 Å². The first kappa shape index (κ1) is 13.3. The predicted molar refractivity (Wildman–Crippen MR) is 79.7 cm³/mol. The van der Waals surface area contributed by atoms with Gasteiger partial charge in [-0.1, -0.05) is 6.92 Å². The molecule has 1 fully saturated rings. The molecule has 3 rings (SSSR count). The van der Waals surface area contributed by atoms with E-state index >= 15 is 0 Å². The summed E-state index contributed by atoms with van der Waals surface area (Å²) in [6, 6.07) is 1.72. The molecule has 0 aliphatic carbocycles. The lowest BCUT2D eigenvalue weighted by Crippen LogP contribution is -2.39. The number of nitrogens with zero attached hydrogens (tertiary/aromatic N) is 2. The first-order valence-electron chi connectivity index (χ1n) is 6.67. The van der Waals surface area contributed by atoms with Crippen LogP contribution in [0.4, 0.5) is 5.69 Å². The molecule has 0 radical (unpaired) electrons.